The summed E-state index contributed by atoms with van der Waals surface area (Å²) in [6, 6.07) is 4.60. The van der Waals surface area contributed by atoms with Gasteiger partial charge in [-0.3, -0.25) is 4.79 Å². The molecule has 0 spiro atoms. The van der Waals surface area contributed by atoms with Gasteiger partial charge in [0.05, 0.1) is 17.4 Å². The molecule has 27 heavy (non-hydrogen) atoms. The number of anilines is 1. The standard InChI is InChI=1S/C15H19FN4O.C5H10O/c1-15(2,3)8-9-4-5-19-20(9)10-6-11(16)13(14(18)21)12(17)7-10;6-5-3-1-2-4-5/h4-7H,8,17H2,1-3H3,(H2,18,21);5-6H,1-4H2. The molecule has 6 nitrogen and oxygen atoms in total. The second-order valence-corrected chi connectivity index (χ2v) is 8.17. The highest BCUT2D eigenvalue weighted by Gasteiger charge is 2.18. The molecule has 1 fully saturated rings. The average Bonchev–Trinajstić information content (AvgIpc) is 3.16. The number of halogens is 1. The Bertz CT molecular complexity index is 767. The lowest BCUT2D eigenvalue weighted by molar-refractivity contribution is 0.0997. The molecule has 1 aliphatic carbocycles. The Morgan fingerprint density at radius 2 is 1.96 bits per heavy atom. The zero-order valence-corrected chi connectivity index (χ0v) is 16.2. The van der Waals surface area contributed by atoms with Gasteiger partial charge in [-0.15, -0.1) is 0 Å². The first-order valence-electron chi connectivity index (χ1n) is 9.18. The van der Waals surface area contributed by atoms with Gasteiger partial charge < -0.3 is 16.6 Å². The molecule has 0 saturated heterocycles. The first kappa shape index (κ1) is 20.9. The van der Waals surface area contributed by atoms with E-state index in [1.165, 1.54) is 25.0 Å². The van der Waals surface area contributed by atoms with Crippen molar-refractivity contribution in [2.75, 3.05) is 5.73 Å². The number of hydrogen-bond donors (Lipinski definition) is 3. The van der Waals surface area contributed by atoms with Gasteiger partial charge in [-0.05, 0) is 36.8 Å². The molecule has 0 atom stereocenters. The Hall–Kier alpha value is -2.41. The summed E-state index contributed by atoms with van der Waals surface area (Å²) in [4.78, 5) is 11.2. The number of carbonyl (C=O) groups excluding carboxylic acids is 1. The van der Waals surface area contributed by atoms with Crippen LogP contribution < -0.4 is 11.5 Å². The Morgan fingerprint density at radius 1 is 1.33 bits per heavy atom. The monoisotopic (exact) mass is 376 g/mol. The molecule has 1 saturated carbocycles. The van der Waals surface area contributed by atoms with Crippen molar-refractivity contribution in [2.24, 2.45) is 11.1 Å². The van der Waals surface area contributed by atoms with Crippen LogP contribution in [0, 0.1) is 11.2 Å². The topological polar surface area (TPSA) is 107 Å². The van der Waals surface area contributed by atoms with Crippen molar-refractivity contribution in [2.45, 2.75) is 59.0 Å². The number of aliphatic hydroxyl groups excluding tert-OH is 1. The Kier molecular flexibility index (Phi) is 6.59. The van der Waals surface area contributed by atoms with Crippen LogP contribution in [0.15, 0.2) is 24.4 Å². The minimum Gasteiger partial charge on any atom is -0.398 e. The molecule has 1 aliphatic rings. The quantitative estimate of drug-likeness (QED) is 0.715. The molecule has 2 aromatic rings. The van der Waals surface area contributed by atoms with E-state index in [0.29, 0.717) is 5.69 Å². The average molecular weight is 376 g/mol. The van der Waals surface area contributed by atoms with Gasteiger partial charge in [0.25, 0.3) is 5.91 Å². The van der Waals surface area contributed by atoms with Gasteiger partial charge in [-0.2, -0.15) is 5.10 Å². The zero-order valence-electron chi connectivity index (χ0n) is 16.2. The number of aromatic nitrogens is 2. The van der Waals surface area contributed by atoms with Crippen molar-refractivity contribution in [3.8, 4) is 5.69 Å². The second kappa shape index (κ2) is 8.52. The summed E-state index contributed by atoms with van der Waals surface area (Å²) in [6.45, 7) is 6.32. The van der Waals surface area contributed by atoms with Crippen LogP contribution >= 0.6 is 0 Å². The summed E-state index contributed by atoms with van der Waals surface area (Å²) in [6.07, 6.45) is 7.02. The van der Waals surface area contributed by atoms with Crippen molar-refractivity contribution >= 4 is 11.6 Å². The van der Waals surface area contributed by atoms with Crippen LogP contribution in [-0.4, -0.2) is 26.9 Å². The number of primary amides is 1. The van der Waals surface area contributed by atoms with Crippen LogP contribution in [0.3, 0.4) is 0 Å². The first-order chi connectivity index (χ1) is 12.6. The molecule has 5 N–H and O–H groups in total. The molecule has 0 unspecified atom stereocenters. The molecule has 1 heterocycles. The van der Waals surface area contributed by atoms with Crippen molar-refractivity contribution in [1.29, 1.82) is 0 Å². The van der Waals surface area contributed by atoms with E-state index in [4.69, 9.17) is 16.6 Å². The lowest BCUT2D eigenvalue weighted by Crippen LogP contribution is -2.17. The van der Waals surface area contributed by atoms with Crippen LogP contribution in [0.25, 0.3) is 5.69 Å². The van der Waals surface area contributed by atoms with Gasteiger partial charge in [0, 0.05) is 23.6 Å². The van der Waals surface area contributed by atoms with Gasteiger partial charge in [0.1, 0.15) is 5.82 Å². The fourth-order valence-electron chi connectivity index (χ4n) is 3.14. The fraction of sp³-hybridized carbons (Fsp3) is 0.500. The van der Waals surface area contributed by atoms with E-state index in [2.05, 4.69) is 25.9 Å². The summed E-state index contributed by atoms with van der Waals surface area (Å²) in [5.74, 6) is -1.62. The minimum absolute atomic E-state index is 0.00899. The van der Waals surface area contributed by atoms with Crippen LogP contribution in [0.2, 0.25) is 0 Å². The number of nitrogens with zero attached hydrogens (tertiary/aromatic N) is 2. The maximum Gasteiger partial charge on any atom is 0.253 e. The predicted octanol–water partition coefficient (Wildman–Crippen LogP) is 3.20. The Balaban J connectivity index is 0.000000369. The van der Waals surface area contributed by atoms with Crippen molar-refractivity contribution in [3.05, 3.63) is 41.5 Å². The molecule has 1 amide bonds. The highest BCUT2D eigenvalue weighted by Crippen LogP contribution is 2.25. The van der Waals surface area contributed by atoms with Crippen LogP contribution in [0.5, 0.6) is 0 Å². The number of hydrogen-bond acceptors (Lipinski definition) is 4. The molecule has 3 rings (SSSR count). The fourth-order valence-corrected chi connectivity index (χ4v) is 3.14. The van der Waals surface area contributed by atoms with Crippen LogP contribution in [-0.2, 0) is 6.42 Å². The largest absolute Gasteiger partial charge is 0.398 e. The van der Waals surface area contributed by atoms with E-state index >= 15 is 0 Å². The smallest absolute Gasteiger partial charge is 0.253 e. The number of nitrogens with two attached hydrogens (primary N) is 2. The number of benzene rings is 1. The van der Waals surface area contributed by atoms with Gasteiger partial charge in [-0.25, -0.2) is 9.07 Å². The third kappa shape index (κ3) is 5.79. The van der Waals surface area contributed by atoms with Crippen LogP contribution in [0.1, 0.15) is 62.5 Å². The van der Waals surface area contributed by atoms with E-state index < -0.39 is 11.7 Å². The first-order valence-corrected chi connectivity index (χ1v) is 9.18. The van der Waals surface area contributed by atoms with E-state index in [9.17, 15) is 9.18 Å². The zero-order chi connectivity index (χ0) is 20.2. The SMILES string of the molecule is CC(C)(C)Cc1ccnn1-c1cc(N)c(C(N)=O)c(F)c1.OC1CCCC1. The molecular weight excluding hydrogens is 347 g/mol. The number of aliphatic hydroxyl groups is 1. The molecule has 148 valence electrons. The van der Waals surface area contributed by atoms with E-state index in [1.54, 1.807) is 10.9 Å². The van der Waals surface area contributed by atoms with E-state index in [0.717, 1.165) is 25.0 Å². The van der Waals surface area contributed by atoms with E-state index in [-0.39, 0.29) is 22.8 Å². The molecule has 1 aromatic heterocycles. The molecule has 7 heteroatoms. The maximum atomic E-state index is 14.0. The maximum absolute atomic E-state index is 14.0. The van der Waals surface area contributed by atoms with Gasteiger partial charge in [0.2, 0.25) is 0 Å². The van der Waals surface area contributed by atoms with Crippen molar-refractivity contribution in [3.63, 3.8) is 0 Å². The molecule has 0 bridgehead atoms. The molecular formula is C20H29FN4O2. The lowest BCUT2D eigenvalue weighted by Gasteiger charge is -2.19. The number of carbonyl (C=O) groups is 1. The normalized spacial score (nSPS) is 14.7. The summed E-state index contributed by atoms with van der Waals surface area (Å²) in [5, 5.41) is 12.9. The summed E-state index contributed by atoms with van der Waals surface area (Å²) in [7, 11) is 0. The van der Waals surface area contributed by atoms with E-state index in [1.807, 2.05) is 6.07 Å². The third-order valence-corrected chi connectivity index (χ3v) is 4.35. The van der Waals surface area contributed by atoms with Gasteiger partial charge in [-0.1, -0.05) is 33.6 Å². The van der Waals surface area contributed by atoms with Gasteiger partial charge in [0.15, 0.2) is 0 Å². The number of rotatable bonds is 3. The predicted molar refractivity (Wildman–Crippen MR) is 104 cm³/mol. The molecule has 0 aliphatic heterocycles. The van der Waals surface area contributed by atoms with Crippen molar-refractivity contribution in [1.82, 2.24) is 9.78 Å². The Morgan fingerprint density at radius 3 is 2.41 bits per heavy atom. The number of nitrogen functional groups attached to an aromatic ring is 1. The molecule has 1 aromatic carbocycles. The van der Waals surface area contributed by atoms with Crippen molar-refractivity contribution < 1.29 is 14.3 Å². The lowest BCUT2D eigenvalue weighted by atomic mass is 9.90. The summed E-state index contributed by atoms with van der Waals surface area (Å²) in [5.41, 5.74) is 12.0. The molecule has 0 radical (unpaired) electrons. The highest BCUT2D eigenvalue weighted by atomic mass is 19.1. The minimum atomic E-state index is -0.882. The van der Waals surface area contributed by atoms with Gasteiger partial charge >= 0.3 is 0 Å². The summed E-state index contributed by atoms with van der Waals surface area (Å²) >= 11 is 0. The highest BCUT2D eigenvalue weighted by molar-refractivity contribution is 5.98. The second-order valence-electron chi connectivity index (χ2n) is 8.17. The summed E-state index contributed by atoms with van der Waals surface area (Å²) < 4.78 is 15.6. The van der Waals surface area contributed by atoms with Crippen LogP contribution in [0.4, 0.5) is 10.1 Å². The third-order valence-electron chi connectivity index (χ3n) is 4.35. The number of amides is 1. The Labute approximate surface area is 159 Å².